The molecule has 0 aliphatic heterocycles. The van der Waals surface area contributed by atoms with Crippen molar-refractivity contribution in [2.24, 2.45) is 5.92 Å². The monoisotopic (exact) mass is 561 g/mol. The molecule has 1 aliphatic rings. The Morgan fingerprint density at radius 1 is 0.711 bits per heavy atom. The zero-order valence-corrected chi connectivity index (χ0v) is 26.7. The van der Waals surface area contributed by atoms with Gasteiger partial charge in [-0.25, -0.2) is 0 Å². The summed E-state index contributed by atoms with van der Waals surface area (Å²) in [6.07, 6.45) is 27.2. The summed E-state index contributed by atoms with van der Waals surface area (Å²) < 4.78 is 29.3. The van der Waals surface area contributed by atoms with E-state index in [2.05, 4.69) is 6.92 Å². The molecule has 0 bridgehead atoms. The van der Waals surface area contributed by atoms with E-state index < -0.39 is 7.82 Å². The van der Waals surface area contributed by atoms with Gasteiger partial charge < -0.3 is 23.2 Å². The predicted molar refractivity (Wildman–Crippen MR) is 158 cm³/mol. The van der Waals surface area contributed by atoms with E-state index in [1.165, 1.54) is 109 Å². The molecular weight excluding hydrogens is 497 g/mol. The van der Waals surface area contributed by atoms with E-state index in [0.29, 0.717) is 17.6 Å². The van der Waals surface area contributed by atoms with Crippen LogP contribution in [-0.2, 0) is 18.3 Å². The first-order valence-corrected chi connectivity index (χ1v) is 17.7. The molecule has 1 rings (SSSR count). The Kier molecular flexibility index (Phi) is 21.5. The maximum atomic E-state index is 12.2. The Balaban J connectivity index is 1.89. The molecule has 0 saturated heterocycles. The molecule has 0 N–H and O–H groups in total. The van der Waals surface area contributed by atoms with Crippen LogP contribution in [0.25, 0.3) is 0 Å². The van der Waals surface area contributed by atoms with Crippen molar-refractivity contribution in [1.82, 2.24) is 0 Å². The van der Waals surface area contributed by atoms with Gasteiger partial charge in [0.15, 0.2) is 0 Å². The average Bonchev–Trinajstić information content (AvgIpc) is 3.27. The smallest absolute Gasteiger partial charge is 0.268 e. The molecule has 0 radical (unpaired) electrons. The third-order valence-electron chi connectivity index (χ3n) is 7.84. The van der Waals surface area contributed by atoms with Crippen LogP contribution in [0.15, 0.2) is 0 Å². The van der Waals surface area contributed by atoms with E-state index in [0.717, 1.165) is 32.3 Å². The zero-order valence-electron chi connectivity index (χ0n) is 25.8. The van der Waals surface area contributed by atoms with Crippen LogP contribution in [0.3, 0.4) is 0 Å². The molecule has 1 unspecified atom stereocenters. The first-order chi connectivity index (χ1) is 18.2. The van der Waals surface area contributed by atoms with Crippen LogP contribution in [0.1, 0.15) is 142 Å². The van der Waals surface area contributed by atoms with Crippen molar-refractivity contribution in [3.8, 4) is 0 Å². The highest BCUT2D eigenvalue weighted by Crippen LogP contribution is 2.44. The minimum Gasteiger partial charge on any atom is -0.756 e. The minimum atomic E-state index is -4.26. The van der Waals surface area contributed by atoms with Gasteiger partial charge >= 0.3 is 0 Å². The number of phosphoric ester groups is 1. The highest BCUT2D eigenvalue weighted by Gasteiger charge is 2.31. The molecule has 6 nitrogen and oxygen atoms in total. The Morgan fingerprint density at radius 2 is 1.18 bits per heavy atom. The number of likely N-dealkylation sites (N-methyl/N-ethyl adjacent to an activating group) is 1. The minimum absolute atomic E-state index is 0.148. The van der Waals surface area contributed by atoms with Crippen LogP contribution in [0.5, 0.6) is 0 Å². The van der Waals surface area contributed by atoms with Crippen LogP contribution in [0, 0.1) is 5.92 Å². The summed E-state index contributed by atoms with van der Waals surface area (Å²) >= 11 is 0. The first-order valence-electron chi connectivity index (χ1n) is 16.3. The number of phosphoric acid groups is 1. The van der Waals surface area contributed by atoms with Crippen molar-refractivity contribution < 1.29 is 27.7 Å². The van der Waals surface area contributed by atoms with Gasteiger partial charge in [-0.05, 0) is 19.3 Å². The van der Waals surface area contributed by atoms with Gasteiger partial charge in [0.2, 0.25) is 0 Å². The molecule has 0 aromatic heterocycles. The highest BCUT2D eigenvalue weighted by atomic mass is 31.2. The Labute approximate surface area is 236 Å². The van der Waals surface area contributed by atoms with Gasteiger partial charge in [0.1, 0.15) is 13.2 Å². The molecule has 38 heavy (non-hydrogen) atoms. The molecule has 1 fully saturated rings. The molecule has 0 spiro atoms. The predicted octanol–water partition coefficient (Wildman–Crippen LogP) is 8.42. The van der Waals surface area contributed by atoms with Gasteiger partial charge in [-0.15, -0.1) is 0 Å². The van der Waals surface area contributed by atoms with Crippen LogP contribution in [0.4, 0.5) is 0 Å². The number of unbranched alkanes of at least 4 members (excludes halogenated alkanes) is 17. The van der Waals surface area contributed by atoms with Gasteiger partial charge in [0, 0.05) is 12.5 Å². The van der Waals surface area contributed by atoms with Crippen LogP contribution < -0.4 is 4.89 Å². The second-order valence-electron chi connectivity index (χ2n) is 12.7. The van der Waals surface area contributed by atoms with Gasteiger partial charge in [-0.2, -0.15) is 0 Å². The normalized spacial score (nSPS) is 19.7. The van der Waals surface area contributed by atoms with Gasteiger partial charge in [0.05, 0.1) is 33.9 Å². The fourth-order valence-electron chi connectivity index (χ4n) is 5.30. The molecule has 3 atom stereocenters. The number of nitrogens with zero attached hydrogens (tertiary/aromatic N) is 1. The number of hydrogen-bond acceptors (Lipinski definition) is 5. The van der Waals surface area contributed by atoms with Crippen LogP contribution in [0.2, 0.25) is 0 Å². The number of rotatable bonds is 27. The summed E-state index contributed by atoms with van der Waals surface area (Å²) in [7, 11) is 1.75. The quantitative estimate of drug-likeness (QED) is 0.0572. The topological polar surface area (TPSA) is 67.8 Å². The summed E-state index contributed by atoms with van der Waals surface area (Å²) in [6.45, 7) is 4.40. The van der Waals surface area contributed by atoms with Crippen molar-refractivity contribution in [1.29, 1.82) is 0 Å². The fourth-order valence-corrected chi connectivity index (χ4v) is 6.27. The first kappa shape index (κ1) is 36.1. The second-order valence-corrected chi connectivity index (χ2v) is 14.1. The van der Waals surface area contributed by atoms with E-state index in [9.17, 15) is 9.46 Å². The highest BCUT2D eigenvalue weighted by molar-refractivity contribution is 7.45. The van der Waals surface area contributed by atoms with E-state index in [4.69, 9.17) is 13.8 Å². The molecule has 228 valence electrons. The third kappa shape index (κ3) is 21.8. The van der Waals surface area contributed by atoms with Gasteiger partial charge in [-0.3, -0.25) is 4.57 Å². The lowest BCUT2D eigenvalue weighted by Crippen LogP contribution is -2.37. The van der Waals surface area contributed by atoms with Crippen molar-refractivity contribution in [3.05, 3.63) is 0 Å². The Morgan fingerprint density at radius 3 is 1.66 bits per heavy atom. The van der Waals surface area contributed by atoms with Crippen LogP contribution >= 0.6 is 7.82 Å². The SMILES string of the molecule is CCCCCCCCCCCCCCCCCCCCOC[C@@H]1CCC[C@H]1OP(=O)([O-])OCC[N+](C)(C)C. The summed E-state index contributed by atoms with van der Waals surface area (Å²) in [5.74, 6) is 0.148. The van der Waals surface area contributed by atoms with E-state index in [1.54, 1.807) is 0 Å². The van der Waals surface area contributed by atoms with E-state index >= 15 is 0 Å². The third-order valence-corrected chi connectivity index (χ3v) is 8.87. The summed E-state index contributed by atoms with van der Waals surface area (Å²) in [4.78, 5) is 12.2. The largest absolute Gasteiger partial charge is 0.756 e. The maximum absolute atomic E-state index is 12.2. The second kappa shape index (κ2) is 22.7. The van der Waals surface area contributed by atoms with Crippen LogP contribution in [-0.4, -0.2) is 58.1 Å². The fraction of sp³-hybridized carbons (Fsp3) is 1.00. The summed E-state index contributed by atoms with van der Waals surface area (Å²) in [5.41, 5.74) is 0. The standard InChI is InChI=1S/C31H64NO5P/c1-5-6-7-8-9-10-11-12-13-14-15-16-17-18-19-20-21-22-27-35-29-30-24-23-25-31(30)37-38(33,34)36-28-26-32(2,3)4/h30-31H,5-29H2,1-4H3/t30-,31+/m0/s1. The summed E-state index contributed by atoms with van der Waals surface area (Å²) in [6, 6.07) is 0. The van der Waals surface area contributed by atoms with Gasteiger partial charge in [-0.1, -0.05) is 122 Å². The molecule has 0 amide bonds. The average molecular weight is 562 g/mol. The van der Waals surface area contributed by atoms with E-state index in [-0.39, 0.29) is 18.6 Å². The lowest BCUT2D eigenvalue weighted by atomic mass is 10.0. The number of ether oxygens (including phenoxy) is 1. The molecule has 0 heterocycles. The molecule has 7 heteroatoms. The molecule has 0 aromatic rings. The summed E-state index contributed by atoms with van der Waals surface area (Å²) in [5, 5.41) is 0. The van der Waals surface area contributed by atoms with Gasteiger partial charge in [0.25, 0.3) is 7.82 Å². The van der Waals surface area contributed by atoms with E-state index in [1.807, 2.05) is 21.1 Å². The molecule has 0 aromatic carbocycles. The lowest BCUT2D eigenvalue weighted by Gasteiger charge is -2.30. The Hall–Kier alpha value is 0.0300. The maximum Gasteiger partial charge on any atom is 0.268 e. The van der Waals surface area contributed by atoms with Crippen molar-refractivity contribution in [2.45, 2.75) is 148 Å². The van der Waals surface area contributed by atoms with Crippen molar-refractivity contribution in [3.63, 3.8) is 0 Å². The van der Waals surface area contributed by atoms with Crippen molar-refractivity contribution >= 4 is 7.82 Å². The lowest BCUT2D eigenvalue weighted by molar-refractivity contribution is -0.870. The molecule has 1 saturated carbocycles. The number of hydrogen-bond donors (Lipinski definition) is 0. The molecule has 1 aliphatic carbocycles. The zero-order chi connectivity index (χ0) is 28.0. The Bertz CT molecular complexity index is 583. The van der Waals surface area contributed by atoms with Crippen molar-refractivity contribution in [2.75, 3.05) is 47.5 Å². The molecular formula is C31H64NO5P. The number of quaternary nitrogens is 1.